The highest BCUT2D eigenvalue weighted by molar-refractivity contribution is 7.99. The molecule has 6 nitrogen and oxygen atoms in total. The third-order valence-corrected chi connectivity index (χ3v) is 4.96. The minimum atomic E-state index is -0.0645. The molecule has 140 valence electrons. The molecule has 0 radical (unpaired) electrons. The Labute approximate surface area is 163 Å². The average Bonchev–Trinajstić information content (AvgIpc) is 2.99. The van der Waals surface area contributed by atoms with Gasteiger partial charge in [0.1, 0.15) is 5.03 Å². The van der Waals surface area contributed by atoms with Crippen molar-refractivity contribution in [3.05, 3.63) is 59.4 Å². The van der Waals surface area contributed by atoms with Crippen LogP contribution in [0.2, 0.25) is 0 Å². The van der Waals surface area contributed by atoms with E-state index in [0.717, 1.165) is 17.1 Å². The number of hydrogen-bond acceptors (Lipinski definition) is 5. The molecule has 0 aliphatic heterocycles. The number of carbonyl (C=O) groups is 1. The lowest BCUT2D eigenvalue weighted by atomic mass is 10.0. The van der Waals surface area contributed by atoms with Crippen molar-refractivity contribution >= 4 is 23.4 Å². The van der Waals surface area contributed by atoms with Crippen LogP contribution in [-0.2, 0) is 4.79 Å². The molecule has 2 aromatic heterocycles. The topological polar surface area (TPSA) is 72.7 Å². The molecule has 0 atom stereocenters. The summed E-state index contributed by atoms with van der Waals surface area (Å²) >= 11 is 1.36. The Morgan fingerprint density at radius 1 is 1.15 bits per heavy atom. The Bertz CT molecular complexity index is 934. The maximum Gasteiger partial charge on any atom is 0.234 e. The zero-order valence-electron chi connectivity index (χ0n) is 15.9. The number of amides is 1. The summed E-state index contributed by atoms with van der Waals surface area (Å²) in [6, 6.07) is 13.6. The summed E-state index contributed by atoms with van der Waals surface area (Å²) in [5.41, 5.74) is 3.96. The number of rotatable bonds is 6. The first-order chi connectivity index (χ1) is 12.9. The number of nitrogens with one attached hydrogen (secondary N) is 1. The minimum absolute atomic E-state index is 0.0645. The van der Waals surface area contributed by atoms with Gasteiger partial charge in [0, 0.05) is 11.4 Å². The number of benzene rings is 1. The van der Waals surface area contributed by atoms with Crippen molar-refractivity contribution in [3.8, 4) is 5.82 Å². The predicted molar refractivity (Wildman–Crippen MR) is 109 cm³/mol. The van der Waals surface area contributed by atoms with Crippen molar-refractivity contribution in [1.82, 2.24) is 20.0 Å². The van der Waals surface area contributed by atoms with Gasteiger partial charge >= 0.3 is 0 Å². The van der Waals surface area contributed by atoms with Gasteiger partial charge in [-0.05, 0) is 55.7 Å². The molecule has 0 unspecified atom stereocenters. The Kier molecular flexibility index (Phi) is 5.91. The quantitative estimate of drug-likeness (QED) is 0.650. The fourth-order valence-corrected chi connectivity index (χ4v) is 3.29. The highest BCUT2D eigenvalue weighted by atomic mass is 32.2. The molecule has 0 aliphatic rings. The number of hydrogen-bond donors (Lipinski definition) is 1. The van der Waals surface area contributed by atoms with Crippen LogP contribution in [0, 0.1) is 13.8 Å². The van der Waals surface area contributed by atoms with E-state index in [2.05, 4.69) is 40.5 Å². The van der Waals surface area contributed by atoms with Gasteiger partial charge in [-0.1, -0.05) is 37.7 Å². The van der Waals surface area contributed by atoms with E-state index in [1.807, 2.05) is 50.2 Å². The van der Waals surface area contributed by atoms with Crippen LogP contribution in [-0.4, -0.2) is 31.6 Å². The minimum Gasteiger partial charge on any atom is -0.325 e. The van der Waals surface area contributed by atoms with Gasteiger partial charge in [-0.25, -0.2) is 4.68 Å². The molecule has 0 spiro atoms. The summed E-state index contributed by atoms with van der Waals surface area (Å²) < 4.78 is 1.76. The number of aromatic nitrogens is 4. The maximum absolute atomic E-state index is 12.2. The monoisotopic (exact) mass is 381 g/mol. The van der Waals surface area contributed by atoms with Gasteiger partial charge in [0.2, 0.25) is 5.91 Å². The zero-order chi connectivity index (χ0) is 19.4. The number of aryl methyl sites for hydroxylation is 2. The third kappa shape index (κ3) is 4.95. The maximum atomic E-state index is 12.2. The summed E-state index contributed by atoms with van der Waals surface area (Å²) in [5.74, 6) is 1.30. The molecule has 1 amide bonds. The van der Waals surface area contributed by atoms with Gasteiger partial charge in [0.15, 0.2) is 5.82 Å². The first-order valence-corrected chi connectivity index (χ1v) is 9.81. The number of carbonyl (C=O) groups excluding carboxylic acids is 1. The lowest BCUT2D eigenvalue weighted by molar-refractivity contribution is -0.113. The summed E-state index contributed by atoms with van der Waals surface area (Å²) in [7, 11) is 0. The first kappa shape index (κ1) is 19.1. The fraction of sp³-hybridized carbons (Fsp3) is 0.300. The number of thioether (sulfide) groups is 1. The van der Waals surface area contributed by atoms with Crippen molar-refractivity contribution in [2.45, 2.75) is 38.6 Å². The van der Waals surface area contributed by atoms with Crippen LogP contribution in [0.15, 0.2) is 47.5 Å². The van der Waals surface area contributed by atoms with E-state index in [-0.39, 0.29) is 11.7 Å². The van der Waals surface area contributed by atoms with Crippen molar-refractivity contribution in [3.63, 3.8) is 0 Å². The van der Waals surface area contributed by atoms with Gasteiger partial charge in [-0.3, -0.25) is 4.79 Å². The van der Waals surface area contributed by atoms with Crippen molar-refractivity contribution in [2.24, 2.45) is 0 Å². The molecular weight excluding hydrogens is 358 g/mol. The van der Waals surface area contributed by atoms with E-state index >= 15 is 0 Å². The van der Waals surface area contributed by atoms with E-state index in [4.69, 9.17) is 0 Å². The molecule has 0 saturated carbocycles. The third-order valence-electron chi connectivity index (χ3n) is 4.04. The average molecular weight is 382 g/mol. The van der Waals surface area contributed by atoms with E-state index in [1.54, 1.807) is 4.68 Å². The molecule has 3 aromatic rings. The normalized spacial score (nSPS) is 11.0. The summed E-state index contributed by atoms with van der Waals surface area (Å²) in [5, 5.41) is 16.4. The first-order valence-electron chi connectivity index (χ1n) is 8.82. The zero-order valence-corrected chi connectivity index (χ0v) is 16.7. The van der Waals surface area contributed by atoms with Crippen molar-refractivity contribution in [2.75, 3.05) is 11.1 Å². The lowest BCUT2D eigenvalue weighted by Gasteiger charge is -2.09. The largest absolute Gasteiger partial charge is 0.325 e. The smallest absolute Gasteiger partial charge is 0.234 e. The fourth-order valence-electron chi connectivity index (χ4n) is 2.68. The van der Waals surface area contributed by atoms with Crippen LogP contribution < -0.4 is 5.32 Å². The van der Waals surface area contributed by atoms with Crippen LogP contribution in [0.4, 0.5) is 5.69 Å². The summed E-state index contributed by atoms with van der Waals surface area (Å²) in [6.07, 6.45) is 0. The SMILES string of the molecule is Cc1cc(C)n(-c2ccc(SCC(=O)Nc3cccc(C(C)C)c3)nn2)n1. The highest BCUT2D eigenvalue weighted by Crippen LogP contribution is 2.20. The van der Waals surface area contributed by atoms with Crippen LogP contribution in [0.1, 0.15) is 36.7 Å². The second kappa shape index (κ2) is 8.35. The molecular formula is C20H23N5OS. The van der Waals surface area contributed by atoms with E-state index < -0.39 is 0 Å². The van der Waals surface area contributed by atoms with Crippen LogP contribution in [0.3, 0.4) is 0 Å². The summed E-state index contributed by atoms with van der Waals surface area (Å²) in [4.78, 5) is 12.2. The molecule has 0 bridgehead atoms. The standard InChI is InChI=1S/C20H23N5OS/c1-13(2)16-6-5-7-17(11-16)21-19(26)12-27-20-9-8-18(22-23-20)25-15(4)10-14(3)24-25/h5-11,13H,12H2,1-4H3,(H,21,26). The highest BCUT2D eigenvalue weighted by Gasteiger charge is 2.09. The molecule has 0 aliphatic carbocycles. The molecule has 1 N–H and O–H groups in total. The van der Waals surface area contributed by atoms with Gasteiger partial charge in [-0.2, -0.15) is 5.10 Å². The van der Waals surface area contributed by atoms with Crippen LogP contribution in [0.25, 0.3) is 5.82 Å². The Balaban J connectivity index is 1.57. The van der Waals surface area contributed by atoms with Crippen molar-refractivity contribution < 1.29 is 4.79 Å². The predicted octanol–water partition coefficient (Wildman–Crippen LogP) is 4.13. The van der Waals surface area contributed by atoms with Crippen molar-refractivity contribution in [1.29, 1.82) is 0 Å². The molecule has 0 saturated heterocycles. The van der Waals surface area contributed by atoms with E-state index in [0.29, 0.717) is 16.8 Å². The van der Waals surface area contributed by atoms with Gasteiger partial charge in [0.05, 0.1) is 11.4 Å². The summed E-state index contributed by atoms with van der Waals surface area (Å²) in [6.45, 7) is 8.18. The lowest BCUT2D eigenvalue weighted by Crippen LogP contribution is -2.14. The van der Waals surface area contributed by atoms with E-state index in [1.165, 1.54) is 17.3 Å². The second-order valence-electron chi connectivity index (χ2n) is 6.69. The second-order valence-corrected chi connectivity index (χ2v) is 7.68. The molecule has 2 heterocycles. The van der Waals surface area contributed by atoms with Crippen LogP contribution >= 0.6 is 11.8 Å². The Morgan fingerprint density at radius 3 is 2.59 bits per heavy atom. The molecule has 1 aromatic carbocycles. The van der Waals surface area contributed by atoms with Gasteiger partial charge in [0.25, 0.3) is 0 Å². The van der Waals surface area contributed by atoms with E-state index in [9.17, 15) is 4.79 Å². The molecule has 7 heteroatoms. The van der Waals surface area contributed by atoms with Gasteiger partial charge < -0.3 is 5.32 Å². The number of nitrogens with zero attached hydrogens (tertiary/aromatic N) is 4. The Hall–Kier alpha value is -2.67. The number of anilines is 1. The van der Waals surface area contributed by atoms with Gasteiger partial charge in [-0.15, -0.1) is 10.2 Å². The molecule has 0 fully saturated rings. The Morgan fingerprint density at radius 2 is 1.96 bits per heavy atom. The van der Waals surface area contributed by atoms with Crippen LogP contribution in [0.5, 0.6) is 0 Å². The molecule has 3 rings (SSSR count). The molecule has 27 heavy (non-hydrogen) atoms.